The standard InChI is InChI=1S/C24H29NO4S.C24H31NO3S.C23H27NO4S.C15H25NO2.Ac/c1-29-22(27)7-5-3-2-4-6-18-15-8-9-16(12-15)23(18)25-24(28)20-14-30-21-11-10-17(26)13-19(20)21;1-27-22(26)10-5-3-2-4-8-20-18-11-12-19(15-18)23(20)25-16-28-21-9-6-7-17-13-14-29-24(17)21;25-16-9-10-20-18(12-16)19(13-29-20)23(28)24-22-15-8-7-14(11-15)17(22)5-3-1-2-4-6-21(26)27;1-18-14(17)7-5-3-2-4-6-13-11-8-9-12(10-11)15(13)16;/h2,4,10-11,13-16,18,23,26H,3,5-9,12H2,1H3,(H,25,28);2,4,6-7,9,13-14,18-20,23,25H,3,5,8,10-12,15-16H2,1H3;1,3,9-10,12-15,17,22,25H,2,4-8,11H2,(H,24,28)(H,26,27);2,4,11-13,15H,3,5-10,16H2,1H3;/b2*4-2-;3-1-;4-2-;/t15-,16+,18+,23+;18-,19?,20+,23+;14-,15+,17+,22+;11-,12+,13+,15+;/m1111./s1. The Morgan fingerprint density at radius 1 is 0.486 bits per heavy atom. The van der Waals surface area contributed by atoms with Crippen LogP contribution in [0.25, 0.3) is 30.3 Å². The second-order valence-corrected chi connectivity index (χ2v) is 33.6. The fourth-order valence-electron chi connectivity index (χ4n) is 19.2. The number of phenolic OH excluding ortho intramolecular Hbond substituents is 2. The average molecular weight is 1730 g/mol. The van der Waals surface area contributed by atoms with E-state index in [1.807, 2.05) is 22.9 Å². The van der Waals surface area contributed by atoms with Gasteiger partial charge in [0.2, 0.25) is 0 Å². The Morgan fingerprint density at radius 3 is 1.33 bits per heavy atom. The van der Waals surface area contributed by atoms with Crippen molar-refractivity contribution in [2.75, 3.05) is 28.1 Å². The molecule has 107 heavy (non-hydrogen) atoms. The quantitative estimate of drug-likeness (QED) is 0.00681. The first-order chi connectivity index (χ1) is 51.6. The molecular weight excluding hydrogens is 1620 g/mol. The number of carbonyl (C=O) groups is 6. The third-order valence-electron chi connectivity index (χ3n) is 24.6. The van der Waals surface area contributed by atoms with Crippen molar-refractivity contribution in [3.63, 3.8) is 0 Å². The molecule has 8 N–H and O–H groups in total. The number of carbonyl (C=O) groups excluding carboxylic acids is 5. The van der Waals surface area contributed by atoms with Crippen molar-refractivity contribution in [3.8, 4) is 17.2 Å². The average Bonchev–Trinajstić information content (AvgIpc) is 1.66. The maximum Gasteiger partial charge on any atom is 0.305 e. The molecule has 21 heteroatoms. The van der Waals surface area contributed by atoms with E-state index in [4.69, 9.17) is 20.3 Å². The number of hydrogen-bond acceptors (Lipinski definition) is 17. The topological polar surface area (TPSA) is 262 Å². The first-order valence-corrected chi connectivity index (χ1v) is 41.8. The minimum Gasteiger partial charge on any atom is -0.508 e. The van der Waals surface area contributed by atoms with E-state index in [2.05, 4.69) is 104 Å². The largest absolute Gasteiger partial charge is 0.508 e. The van der Waals surface area contributed by atoms with Crippen LogP contribution in [0.5, 0.6) is 17.2 Å². The number of carboxylic acids is 1. The van der Waals surface area contributed by atoms with Gasteiger partial charge < -0.3 is 50.6 Å². The van der Waals surface area contributed by atoms with Crippen LogP contribution in [0.1, 0.15) is 200 Å². The van der Waals surface area contributed by atoms with Crippen LogP contribution in [-0.2, 0) is 33.4 Å². The molecule has 0 spiro atoms. The molecule has 3 aromatic carbocycles. The predicted molar refractivity (Wildman–Crippen MR) is 423 cm³/mol. The molecule has 0 saturated heterocycles. The van der Waals surface area contributed by atoms with Crippen molar-refractivity contribution in [1.29, 1.82) is 0 Å². The number of carboxylic acid groups (broad SMARTS) is 1. The molecule has 1 radical (unpaired) electrons. The van der Waals surface area contributed by atoms with Crippen molar-refractivity contribution in [3.05, 3.63) is 137 Å². The maximum atomic E-state index is 13.1. The van der Waals surface area contributed by atoms with Gasteiger partial charge in [-0.15, -0.1) is 34.0 Å². The molecule has 8 aliphatic carbocycles. The van der Waals surface area contributed by atoms with Crippen LogP contribution < -0.4 is 26.4 Å². The molecule has 3 aromatic heterocycles. The van der Waals surface area contributed by atoms with Gasteiger partial charge in [-0.3, -0.25) is 34.1 Å². The zero-order valence-electron chi connectivity index (χ0n) is 62.7. The molecule has 16 atom stereocenters. The summed E-state index contributed by atoms with van der Waals surface area (Å²) in [6.45, 7) is 0.574. The van der Waals surface area contributed by atoms with Gasteiger partial charge in [-0.2, -0.15) is 0 Å². The summed E-state index contributed by atoms with van der Waals surface area (Å²) in [5.74, 6) is 8.24. The Kier molecular flexibility index (Phi) is 32.7. The van der Waals surface area contributed by atoms with E-state index in [-0.39, 0.29) is 104 Å². The second-order valence-electron chi connectivity index (χ2n) is 30.9. The molecule has 8 bridgehead atoms. The monoisotopic (exact) mass is 1730 g/mol. The van der Waals surface area contributed by atoms with Gasteiger partial charge in [0.1, 0.15) is 24.0 Å². The molecule has 2 amide bonds. The molecule has 17 nitrogen and oxygen atoms in total. The number of ether oxygens (including phenoxy) is 4. The van der Waals surface area contributed by atoms with Crippen molar-refractivity contribution < 1.29 is 107 Å². The number of allylic oxidation sites excluding steroid dienone is 8. The van der Waals surface area contributed by atoms with Crippen LogP contribution >= 0.6 is 34.0 Å². The third-order valence-corrected chi connectivity index (χ3v) is 27.5. The Morgan fingerprint density at radius 2 is 0.888 bits per heavy atom. The van der Waals surface area contributed by atoms with E-state index in [1.54, 1.807) is 35.6 Å². The van der Waals surface area contributed by atoms with E-state index in [0.29, 0.717) is 103 Å². The zero-order chi connectivity index (χ0) is 74.5. The summed E-state index contributed by atoms with van der Waals surface area (Å²) >= 11 is 4.80. The Hall–Kier alpha value is -5.92. The number of phenols is 2. The first-order valence-electron chi connectivity index (χ1n) is 39.2. The third kappa shape index (κ3) is 22.7. The fourth-order valence-corrected chi connectivity index (χ4v) is 21.9. The molecule has 575 valence electrons. The van der Waals surface area contributed by atoms with Gasteiger partial charge in [-0.1, -0.05) is 60.7 Å². The van der Waals surface area contributed by atoms with Crippen LogP contribution in [-0.4, -0.2) is 103 Å². The van der Waals surface area contributed by atoms with Gasteiger partial charge in [0.25, 0.3) is 11.8 Å². The van der Waals surface area contributed by atoms with E-state index < -0.39 is 5.97 Å². The zero-order valence-corrected chi connectivity index (χ0v) is 69.9. The van der Waals surface area contributed by atoms with Crippen LogP contribution in [0.2, 0.25) is 0 Å². The summed E-state index contributed by atoms with van der Waals surface area (Å²) in [6.07, 6.45) is 45.7. The number of nitrogens with one attached hydrogen (secondary N) is 3. The van der Waals surface area contributed by atoms with E-state index in [9.17, 15) is 39.0 Å². The molecule has 14 rings (SSSR count). The number of esters is 3. The molecule has 8 saturated carbocycles. The predicted octanol–water partition coefficient (Wildman–Crippen LogP) is 18.2. The number of unbranched alkanes of at least 4 members (excludes halogenated alkanes) is 4. The Bertz CT molecular complexity index is 4030. The van der Waals surface area contributed by atoms with Crippen molar-refractivity contribution in [2.45, 2.75) is 204 Å². The summed E-state index contributed by atoms with van der Waals surface area (Å²) in [5.41, 5.74) is 7.57. The number of fused-ring (bicyclic) bond motifs is 11. The minimum absolute atomic E-state index is 0. The number of aliphatic carboxylic acids is 1. The first kappa shape index (κ1) is 83.6. The molecular formula is C86H112AcN4O13S3. The number of aromatic hydroxyl groups is 2. The number of nitrogens with two attached hydrogens (primary N) is 1. The van der Waals surface area contributed by atoms with E-state index >= 15 is 0 Å². The van der Waals surface area contributed by atoms with Crippen molar-refractivity contribution in [1.82, 2.24) is 16.0 Å². The van der Waals surface area contributed by atoms with Gasteiger partial charge >= 0.3 is 23.9 Å². The maximum absolute atomic E-state index is 13.1. The van der Waals surface area contributed by atoms with Gasteiger partial charge in [0.05, 0.1) is 37.2 Å². The van der Waals surface area contributed by atoms with E-state index in [1.165, 1.54) is 131 Å². The number of thiophene rings is 3. The number of methoxy groups -OCH3 is 3. The summed E-state index contributed by atoms with van der Waals surface area (Å²) < 4.78 is 23.3. The summed E-state index contributed by atoms with van der Waals surface area (Å²) in [5, 5.41) is 47.5. The van der Waals surface area contributed by atoms with Gasteiger partial charge in [0.15, 0.2) is 0 Å². The summed E-state index contributed by atoms with van der Waals surface area (Å²) in [6, 6.07) is 20.2. The molecule has 3 heterocycles. The van der Waals surface area contributed by atoms with Crippen LogP contribution in [0.3, 0.4) is 0 Å². The molecule has 1 unspecified atom stereocenters. The van der Waals surface area contributed by atoms with Crippen LogP contribution in [0.4, 0.5) is 0 Å². The number of benzene rings is 3. The van der Waals surface area contributed by atoms with Gasteiger partial charge in [-0.05, 0) is 284 Å². The number of hydrogen-bond donors (Lipinski definition) is 7. The number of amides is 2. The van der Waals surface area contributed by atoms with E-state index in [0.717, 1.165) is 120 Å². The summed E-state index contributed by atoms with van der Waals surface area (Å²) in [4.78, 5) is 70.0. The fraction of sp³-hybridized carbons (Fsp3) is 0.558. The second kappa shape index (κ2) is 41.9. The minimum atomic E-state index is -0.747. The smallest absolute Gasteiger partial charge is 0.305 e. The van der Waals surface area contributed by atoms with Gasteiger partial charge in [0, 0.05) is 125 Å². The van der Waals surface area contributed by atoms with Crippen LogP contribution in [0, 0.1) is 115 Å². The Balaban J connectivity index is 0.000000154. The Labute approximate surface area is 679 Å². The van der Waals surface area contributed by atoms with Crippen molar-refractivity contribution in [2.24, 2.45) is 76.7 Å². The summed E-state index contributed by atoms with van der Waals surface area (Å²) in [7, 11) is 4.31. The molecule has 6 aromatic rings. The van der Waals surface area contributed by atoms with Crippen LogP contribution in [0.15, 0.2) is 125 Å². The number of rotatable bonds is 32. The normalized spacial score (nSPS) is 26.8. The SMILES string of the molecule is COC(=O)CCC/C=C\C[C@H]1[C@@H]2CCC(C2)[C@@H]1NCOc1cccc2ccsc12.COC(=O)CCC/C=C\C[C@H]1[C@@H]2CC[C@@H](C2)[C@@H]1N.COC(=O)CCC/C=C\C[C@H]1[C@@H]2CC[C@@H](C2)[C@@H]1NC(=O)c1csc2ccc(O)cc12.O=C(O)CCC/C=C\C[C@H]1[C@@H]2CC[C@@H](C2)[C@@H]1NC(=O)c1csc2ccc(O)cc12.[Ac]. The molecule has 8 aliphatic rings. The molecule has 0 aliphatic heterocycles. The van der Waals surface area contributed by atoms with Gasteiger partial charge in [-0.25, -0.2) is 0 Å². The van der Waals surface area contributed by atoms with Crippen molar-refractivity contribution >= 4 is 100.0 Å². The molecule has 8 fully saturated rings.